The molecule has 3 fully saturated rings. The number of rotatable bonds is 6. The van der Waals surface area contributed by atoms with Gasteiger partial charge in [0.2, 0.25) is 0 Å². The molecule has 4 rings (SSSR count). The predicted molar refractivity (Wildman–Crippen MR) is 124 cm³/mol. The van der Waals surface area contributed by atoms with Crippen molar-refractivity contribution < 1.29 is 0 Å². The summed E-state index contributed by atoms with van der Waals surface area (Å²) in [4.78, 5) is 10.6. The van der Waals surface area contributed by atoms with Crippen LogP contribution >= 0.6 is 0 Å². The highest BCUT2D eigenvalue weighted by atomic mass is 15.3. The Morgan fingerprint density at radius 1 is 0.862 bits per heavy atom. The van der Waals surface area contributed by atoms with E-state index in [0.717, 1.165) is 12.5 Å². The third kappa shape index (κ3) is 5.53. The highest BCUT2D eigenvalue weighted by molar-refractivity contribution is 5.54. The molecule has 0 amide bonds. The second-order valence-electron chi connectivity index (χ2n) is 9.96. The summed E-state index contributed by atoms with van der Waals surface area (Å²) in [5, 5.41) is 0. The molecule has 29 heavy (non-hydrogen) atoms. The highest BCUT2D eigenvalue weighted by Crippen LogP contribution is 2.28. The number of aryl methyl sites for hydroxylation is 1. The molecule has 1 aromatic rings. The molecule has 4 nitrogen and oxygen atoms in total. The van der Waals surface area contributed by atoms with Crippen LogP contribution in [0.15, 0.2) is 18.2 Å². The van der Waals surface area contributed by atoms with Gasteiger partial charge in [0.25, 0.3) is 0 Å². The minimum absolute atomic E-state index is 0.679. The van der Waals surface area contributed by atoms with Crippen LogP contribution in [0.25, 0.3) is 0 Å². The quantitative estimate of drug-likeness (QED) is 0.722. The van der Waals surface area contributed by atoms with Gasteiger partial charge in [-0.15, -0.1) is 0 Å². The Morgan fingerprint density at radius 3 is 2.17 bits per heavy atom. The van der Waals surface area contributed by atoms with E-state index in [4.69, 9.17) is 0 Å². The summed E-state index contributed by atoms with van der Waals surface area (Å²) in [5.41, 5.74) is 4.41. The molecular weight excluding hydrogens is 356 g/mol. The molecule has 0 aliphatic carbocycles. The highest BCUT2D eigenvalue weighted by Gasteiger charge is 2.24. The van der Waals surface area contributed by atoms with Crippen molar-refractivity contribution >= 4 is 5.69 Å². The molecule has 0 spiro atoms. The Morgan fingerprint density at radius 2 is 1.55 bits per heavy atom. The Hall–Kier alpha value is -1.10. The van der Waals surface area contributed by atoms with Crippen LogP contribution in [0.5, 0.6) is 0 Å². The van der Waals surface area contributed by atoms with Crippen molar-refractivity contribution in [1.29, 1.82) is 0 Å². The van der Waals surface area contributed by atoms with Gasteiger partial charge in [-0.25, -0.2) is 0 Å². The SMILES string of the molecule is Cc1cc(CN2CCN(C(C)C)CC2)ccc1N1CCC(CN2CCCC2)CC1. The second-order valence-corrected chi connectivity index (χ2v) is 9.96. The molecule has 1 aromatic carbocycles. The zero-order chi connectivity index (χ0) is 20.2. The second kappa shape index (κ2) is 9.80. The first-order chi connectivity index (χ1) is 14.1. The van der Waals surface area contributed by atoms with Gasteiger partial charge in [-0.2, -0.15) is 0 Å². The van der Waals surface area contributed by atoms with Gasteiger partial charge >= 0.3 is 0 Å². The first-order valence-corrected chi connectivity index (χ1v) is 12.1. The summed E-state index contributed by atoms with van der Waals surface area (Å²) in [6.45, 7) is 19.3. The van der Waals surface area contributed by atoms with E-state index < -0.39 is 0 Å². The lowest BCUT2D eigenvalue weighted by molar-refractivity contribution is 0.104. The summed E-state index contributed by atoms with van der Waals surface area (Å²) >= 11 is 0. The summed E-state index contributed by atoms with van der Waals surface area (Å²) < 4.78 is 0. The molecule has 0 saturated carbocycles. The van der Waals surface area contributed by atoms with Gasteiger partial charge in [-0.05, 0) is 82.7 Å². The molecule has 0 bridgehead atoms. The van der Waals surface area contributed by atoms with Crippen molar-refractivity contribution in [1.82, 2.24) is 14.7 Å². The third-order valence-corrected chi connectivity index (χ3v) is 7.47. The van der Waals surface area contributed by atoms with E-state index in [9.17, 15) is 0 Å². The van der Waals surface area contributed by atoms with Crippen LogP contribution in [0.2, 0.25) is 0 Å². The monoisotopic (exact) mass is 398 g/mol. The molecule has 0 unspecified atom stereocenters. The van der Waals surface area contributed by atoms with E-state index in [0.29, 0.717) is 6.04 Å². The van der Waals surface area contributed by atoms with Crippen LogP contribution in [0, 0.1) is 12.8 Å². The lowest BCUT2D eigenvalue weighted by atomic mass is 9.95. The van der Waals surface area contributed by atoms with Crippen molar-refractivity contribution in [3.05, 3.63) is 29.3 Å². The van der Waals surface area contributed by atoms with Gasteiger partial charge in [0, 0.05) is 64.1 Å². The van der Waals surface area contributed by atoms with Crippen molar-refractivity contribution in [3.63, 3.8) is 0 Å². The maximum Gasteiger partial charge on any atom is 0.0396 e. The fraction of sp³-hybridized carbons (Fsp3) is 0.760. The summed E-state index contributed by atoms with van der Waals surface area (Å²) in [6, 6.07) is 7.90. The van der Waals surface area contributed by atoms with Crippen molar-refractivity contribution in [3.8, 4) is 0 Å². The normalized spacial score (nSPS) is 23.4. The zero-order valence-corrected chi connectivity index (χ0v) is 19.1. The Bertz CT molecular complexity index is 636. The van der Waals surface area contributed by atoms with Crippen LogP contribution in [0.4, 0.5) is 5.69 Å². The van der Waals surface area contributed by atoms with Gasteiger partial charge in [-0.1, -0.05) is 12.1 Å². The first-order valence-electron chi connectivity index (χ1n) is 12.1. The third-order valence-electron chi connectivity index (χ3n) is 7.47. The van der Waals surface area contributed by atoms with Crippen LogP contribution < -0.4 is 4.90 Å². The number of nitrogens with zero attached hydrogens (tertiary/aromatic N) is 4. The Labute approximate surface area is 178 Å². The number of anilines is 1. The molecule has 0 aromatic heterocycles. The van der Waals surface area contributed by atoms with Crippen LogP contribution in [-0.2, 0) is 6.54 Å². The summed E-state index contributed by atoms with van der Waals surface area (Å²) in [5.74, 6) is 0.911. The number of likely N-dealkylation sites (tertiary alicyclic amines) is 1. The van der Waals surface area contributed by atoms with E-state index in [1.165, 1.54) is 101 Å². The fourth-order valence-corrected chi connectivity index (χ4v) is 5.55. The molecule has 3 heterocycles. The molecule has 3 aliphatic rings. The van der Waals surface area contributed by atoms with Gasteiger partial charge in [0.05, 0.1) is 0 Å². The molecule has 4 heteroatoms. The van der Waals surface area contributed by atoms with Crippen molar-refractivity contribution in [2.24, 2.45) is 5.92 Å². The predicted octanol–water partition coefficient (Wildman–Crippen LogP) is 3.83. The molecule has 3 aliphatic heterocycles. The molecule has 0 N–H and O–H groups in total. The minimum atomic E-state index is 0.679. The van der Waals surface area contributed by atoms with Crippen LogP contribution in [-0.4, -0.2) is 79.6 Å². The number of piperidine rings is 1. The zero-order valence-electron chi connectivity index (χ0n) is 19.1. The topological polar surface area (TPSA) is 13.0 Å². The average Bonchev–Trinajstić information content (AvgIpc) is 3.22. The summed E-state index contributed by atoms with van der Waals surface area (Å²) in [7, 11) is 0. The molecule has 3 saturated heterocycles. The van der Waals surface area contributed by atoms with Gasteiger partial charge in [0.1, 0.15) is 0 Å². The standard InChI is InChI=1S/C25H42N4/c1-21(2)28-16-14-27(15-17-28)20-24-6-7-25(22(3)18-24)29-12-8-23(9-13-29)19-26-10-4-5-11-26/h6-7,18,21,23H,4-5,8-17,19-20H2,1-3H3. The van der Waals surface area contributed by atoms with E-state index in [1.807, 2.05) is 0 Å². The largest absolute Gasteiger partial charge is 0.371 e. The van der Waals surface area contributed by atoms with E-state index in [1.54, 1.807) is 0 Å². The van der Waals surface area contributed by atoms with Crippen LogP contribution in [0.3, 0.4) is 0 Å². The number of hydrogen-bond donors (Lipinski definition) is 0. The number of benzene rings is 1. The molecule has 162 valence electrons. The Kier molecular flexibility index (Phi) is 7.15. The lowest BCUT2D eigenvalue weighted by Crippen LogP contribution is -2.48. The van der Waals surface area contributed by atoms with E-state index in [-0.39, 0.29) is 0 Å². The fourth-order valence-electron chi connectivity index (χ4n) is 5.55. The van der Waals surface area contributed by atoms with Gasteiger partial charge in [0.15, 0.2) is 0 Å². The molecule has 0 atom stereocenters. The smallest absolute Gasteiger partial charge is 0.0396 e. The van der Waals surface area contributed by atoms with Gasteiger partial charge < -0.3 is 9.80 Å². The van der Waals surface area contributed by atoms with E-state index >= 15 is 0 Å². The van der Waals surface area contributed by atoms with Crippen molar-refractivity contribution in [2.75, 3.05) is 63.8 Å². The Balaban J connectivity index is 1.27. The molecule has 0 radical (unpaired) electrons. The first kappa shape index (κ1) is 21.1. The minimum Gasteiger partial charge on any atom is -0.371 e. The summed E-state index contributed by atoms with van der Waals surface area (Å²) in [6.07, 6.45) is 5.55. The van der Waals surface area contributed by atoms with Gasteiger partial charge in [-0.3, -0.25) is 9.80 Å². The average molecular weight is 399 g/mol. The maximum atomic E-state index is 2.70. The lowest BCUT2D eigenvalue weighted by Gasteiger charge is -2.37. The number of hydrogen-bond acceptors (Lipinski definition) is 4. The van der Waals surface area contributed by atoms with Crippen LogP contribution in [0.1, 0.15) is 50.7 Å². The van der Waals surface area contributed by atoms with Crippen molar-refractivity contribution in [2.45, 2.75) is 59.0 Å². The van der Waals surface area contributed by atoms with E-state index in [2.05, 4.69) is 58.6 Å². The molecular formula is C25H42N4. The maximum absolute atomic E-state index is 2.70. The number of piperazine rings is 1.